The van der Waals surface area contributed by atoms with Crippen molar-refractivity contribution in [1.29, 1.82) is 5.26 Å². The smallest absolute Gasteiger partial charge is 0.252 e. The number of ether oxygens (including phenoxy) is 5. The number of rotatable bonds is 10. The molecular formula is C29H36N2O6. The lowest BCUT2D eigenvalue weighted by atomic mass is 9.78. The van der Waals surface area contributed by atoms with Crippen LogP contribution in [0.1, 0.15) is 48.9 Å². The SMILES string of the molecule is COCCNC(=O)[C@@]1(OCc2ccccc2C)C[C@@H](OCc2ccccc2C#N)[C@@H]2OC(C)(C)O[C@@H]2C1. The zero-order chi connectivity index (χ0) is 26.5. The molecule has 0 unspecified atom stereocenters. The average Bonchev–Trinajstić information content (AvgIpc) is 3.20. The van der Waals surface area contributed by atoms with Gasteiger partial charge in [0.2, 0.25) is 0 Å². The minimum atomic E-state index is -1.19. The van der Waals surface area contributed by atoms with Gasteiger partial charge in [0.1, 0.15) is 6.10 Å². The molecule has 37 heavy (non-hydrogen) atoms. The number of hydrogen-bond acceptors (Lipinski definition) is 7. The highest BCUT2D eigenvalue weighted by Gasteiger charge is 2.58. The van der Waals surface area contributed by atoms with Gasteiger partial charge in [-0.05, 0) is 43.5 Å². The van der Waals surface area contributed by atoms with Gasteiger partial charge >= 0.3 is 0 Å². The molecule has 0 bridgehead atoms. The van der Waals surface area contributed by atoms with Gasteiger partial charge in [-0.15, -0.1) is 0 Å². The Morgan fingerprint density at radius 1 is 1.08 bits per heavy atom. The molecule has 0 spiro atoms. The number of nitrogens with zero attached hydrogens (tertiary/aromatic N) is 1. The molecular weight excluding hydrogens is 472 g/mol. The molecule has 1 aliphatic carbocycles. The fraction of sp³-hybridized carbons (Fsp3) is 0.517. The fourth-order valence-corrected chi connectivity index (χ4v) is 5.08. The van der Waals surface area contributed by atoms with Crippen LogP contribution >= 0.6 is 0 Å². The lowest BCUT2D eigenvalue weighted by Crippen LogP contribution is -2.60. The Morgan fingerprint density at radius 2 is 1.81 bits per heavy atom. The van der Waals surface area contributed by atoms with Crippen molar-refractivity contribution in [3.8, 4) is 6.07 Å². The van der Waals surface area contributed by atoms with Crippen molar-refractivity contribution in [2.24, 2.45) is 0 Å². The predicted octanol–water partition coefficient (Wildman–Crippen LogP) is 3.78. The zero-order valence-electron chi connectivity index (χ0n) is 22.0. The maximum absolute atomic E-state index is 13.7. The van der Waals surface area contributed by atoms with Gasteiger partial charge in [0.05, 0.1) is 43.7 Å². The van der Waals surface area contributed by atoms with E-state index in [1.54, 1.807) is 13.2 Å². The monoisotopic (exact) mass is 508 g/mol. The minimum absolute atomic E-state index is 0.209. The number of aryl methyl sites for hydroxylation is 1. The second-order valence-electron chi connectivity index (χ2n) is 10.1. The molecule has 1 saturated carbocycles. The van der Waals surface area contributed by atoms with E-state index in [9.17, 15) is 10.1 Å². The Kier molecular flexibility index (Phi) is 8.63. The highest BCUT2D eigenvalue weighted by molar-refractivity contribution is 5.85. The molecule has 2 aliphatic rings. The van der Waals surface area contributed by atoms with Crippen LogP contribution in [0.4, 0.5) is 0 Å². The number of hydrogen-bond donors (Lipinski definition) is 1. The summed E-state index contributed by atoms with van der Waals surface area (Å²) in [7, 11) is 1.59. The number of amides is 1. The molecule has 1 N–H and O–H groups in total. The number of nitriles is 1. The molecule has 8 heteroatoms. The molecule has 1 aliphatic heterocycles. The topological polar surface area (TPSA) is 99.0 Å². The summed E-state index contributed by atoms with van der Waals surface area (Å²) in [4.78, 5) is 13.7. The molecule has 0 radical (unpaired) electrons. The highest BCUT2D eigenvalue weighted by atomic mass is 16.8. The summed E-state index contributed by atoms with van der Waals surface area (Å²) in [5.74, 6) is -1.05. The van der Waals surface area contributed by atoms with Gasteiger partial charge in [-0.1, -0.05) is 42.5 Å². The van der Waals surface area contributed by atoms with Crippen molar-refractivity contribution in [2.45, 2.75) is 76.5 Å². The average molecular weight is 509 g/mol. The van der Waals surface area contributed by atoms with E-state index in [4.69, 9.17) is 23.7 Å². The number of benzene rings is 2. The third-order valence-corrected chi connectivity index (χ3v) is 7.01. The molecule has 8 nitrogen and oxygen atoms in total. The van der Waals surface area contributed by atoms with Crippen molar-refractivity contribution in [3.05, 3.63) is 70.8 Å². The molecule has 2 aromatic carbocycles. The standard InChI is InChI=1S/C29H36N2O6/c1-20-9-5-6-11-22(20)19-35-29(27(32)31-13-14-33-4)15-24(26-25(16-29)36-28(2,3)37-26)34-18-23-12-8-7-10-21(23)17-30/h5-12,24-26H,13-16,18-19H2,1-4H3,(H,31,32)/t24-,25-,26+,29-/m1/s1. The van der Waals surface area contributed by atoms with E-state index in [1.165, 1.54) is 0 Å². The van der Waals surface area contributed by atoms with E-state index in [2.05, 4.69) is 11.4 Å². The minimum Gasteiger partial charge on any atom is -0.383 e. The summed E-state index contributed by atoms with van der Waals surface area (Å²) in [6, 6.07) is 17.5. The Hall–Kier alpha value is -2.80. The molecule has 4 rings (SSSR count). The number of fused-ring (bicyclic) bond motifs is 1. The fourth-order valence-electron chi connectivity index (χ4n) is 5.08. The summed E-state index contributed by atoms with van der Waals surface area (Å²) in [5.41, 5.74) is 2.24. The van der Waals surface area contributed by atoms with Crippen molar-refractivity contribution in [1.82, 2.24) is 5.32 Å². The van der Waals surface area contributed by atoms with Crippen molar-refractivity contribution < 1.29 is 28.5 Å². The predicted molar refractivity (Wildman–Crippen MR) is 136 cm³/mol. The second-order valence-corrected chi connectivity index (χ2v) is 10.1. The number of nitrogens with one attached hydrogen (secondary N) is 1. The van der Waals surface area contributed by atoms with E-state index in [1.807, 2.05) is 63.2 Å². The molecule has 2 fully saturated rings. The zero-order valence-corrected chi connectivity index (χ0v) is 22.0. The lowest BCUT2D eigenvalue weighted by Gasteiger charge is -2.43. The maximum atomic E-state index is 13.7. The van der Waals surface area contributed by atoms with Crippen LogP contribution in [0.25, 0.3) is 0 Å². The van der Waals surface area contributed by atoms with Crippen molar-refractivity contribution in [3.63, 3.8) is 0 Å². The molecule has 1 heterocycles. The van der Waals surface area contributed by atoms with E-state index in [0.29, 0.717) is 25.1 Å². The first-order chi connectivity index (χ1) is 17.8. The molecule has 4 atom stereocenters. The van der Waals surface area contributed by atoms with E-state index >= 15 is 0 Å². The van der Waals surface area contributed by atoms with E-state index < -0.39 is 23.6 Å². The van der Waals surface area contributed by atoms with E-state index in [0.717, 1.165) is 16.7 Å². The highest BCUT2D eigenvalue weighted by Crippen LogP contribution is 2.44. The molecule has 2 aromatic rings. The molecule has 1 amide bonds. The molecule has 0 aromatic heterocycles. The van der Waals surface area contributed by atoms with Gasteiger partial charge in [-0.25, -0.2) is 0 Å². The Bertz CT molecular complexity index is 1130. The quantitative estimate of drug-likeness (QED) is 0.488. The van der Waals surface area contributed by atoms with Crippen molar-refractivity contribution in [2.75, 3.05) is 20.3 Å². The first-order valence-corrected chi connectivity index (χ1v) is 12.7. The van der Waals surface area contributed by atoms with Crippen LogP contribution in [0.15, 0.2) is 48.5 Å². The number of carbonyl (C=O) groups is 1. The number of carbonyl (C=O) groups excluding carboxylic acids is 1. The van der Waals surface area contributed by atoms with Gasteiger partial charge in [0, 0.05) is 26.5 Å². The van der Waals surface area contributed by atoms with Crippen LogP contribution < -0.4 is 5.32 Å². The van der Waals surface area contributed by atoms with Gasteiger partial charge in [0.25, 0.3) is 5.91 Å². The summed E-state index contributed by atoms with van der Waals surface area (Å²) in [5, 5.41) is 12.5. The van der Waals surface area contributed by atoms with Gasteiger partial charge in [-0.3, -0.25) is 4.79 Å². The summed E-state index contributed by atoms with van der Waals surface area (Å²) < 4.78 is 30.5. The van der Waals surface area contributed by atoms with Crippen LogP contribution in [-0.2, 0) is 41.7 Å². The largest absolute Gasteiger partial charge is 0.383 e. The van der Waals surface area contributed by atoms with Crippen molar-refractivity contribution >= 4 is 5.91 Å². The van der Waals surface area contributed by atoms with Crippen LogP contribution in [0.5, 0.6) is 0 Å². The normalized spacial score (nSPS) is 26.3. The van der Waals surface area contributed by atoms with Crippen LogP contribution in [0.2, 0.25) is 0 Å². The second kappa shape index (κ2) is 11.7. The van der Waals surface area contributed by atoms with Crippen LogP contribution in [-0.4, -0.2) is 55.9 Å². The molecule has 1 saturated heterocycles. The Morgan fingerprint density at radius 3 is 2.54 bits per heavy atom. The van der Waals surface area contributed by atoms with Gasteiger partial charge < -0.3 is 29.0 Å². The van der Waals surface area contributed by atoms with Gasteiger partial charge in [-0.2, -0.15) is 5.26 Å². The first-order valence-electron chi connectivity index (χ1n) is 12.7. The molecule has 198 valence electrons. The third-order valence-electron chi connectivity index (χ3n) is 7.01. The lowest BCUT2D eigenvalue weighted by molar-refractivity contribution is -0.183. The summed E-state index contributed by atoms with van der Waals surface area (Å²) in [6.07, 6.45) is -0.637. The van der Waals surface area contributed by atoms with E-state index in [-0.39, 0.29) is 31.6 Å². The Balaban J connectivity index is 1.62. The summed E-state index contributed by atoms with van der Waals surface area (Å²) in [6.45, 7) is 6.99. The number of methoxy groups -OCH3 is 1. The van der Waals surface area contributed by atoms with Crippen LogP contribution in [0.3, 0.4) is 0 Å². The maximum Gasteiger partial charge on any atom is 0.252 e. The van der Waals surface area contributed by atoms with Gasteiger partial charge in [0.15, 0.2) is 11.4 Å². The third kappa shape index (κ3) is 6.38. The van der Waals surface area contributed by atoms with Crippen LogP contribution in [0, 0.1) is 18.3 Å². The Labute approximate surface area is 218 Å². The first kappa shape index (κ1) is 27.2. The summed E-state index contributed by atoms with van der Waals surface area (Å²) >= 11 is 0.